The number of anilines is 1. The van der Waals surface area contributed by atoms with Crippen LogP contribution in [0.2, 0.25) is 0 Å². The molecule has 0 radical (unpaired) electrons. The molecule has 0 aromatic heterocycles. The molecule has 2 aliphatic carbocycles. The molecule has 3 N–H and O–H groups in total. The van der Waals surface area contributed by atoms with Gasteiger partial charge in [-0.15, -0.1) is 0 Å². The van der Waals surface area contributed by atoms with E-state index in [1.165, 1.54) is 37.7 Å². The number of aryl methyl sites for hydroxylation is 1. The van der Waals surface area contributed by atoms with Gasteiger partial charge in [-0.1, -0.05) is 38.7 Å². The van der Waals surface area contributed by atoms with E-state index in [0.717, 1.165) is 24.1 Å². The van der Waals surface area contributed by atoms with E-state index in [1.807, 2.05) is 6.07 Å². The van der Waals surface area contributed by atoms with Gasteiger partial charge in [0.2, 0.25) is 0 Å². The third-order valence-corrected chi connectivity index (χ3v) is 5.42. The molecule has 0 saturated heterocycles. The van der Waals surface area contributed by atoms with Crippen LogP contribution in [0.1, 0.15) is 56.6 Å². The smallest absolute Gasteiger partial charge is 0.0933 e. The molecule has 0 aliphatic heterocycles. The first-order valence-corrected chi connectivity index (χ1v) is 7.76. The lowest BCUT2D eigenvalue weighted by molar-refractivity contribution is -0.0626. The van der Waals surface area contributed by atoms with Crippen LogP contribution in [0, 0.1) is 11.8 Å². The predicted octanol–water partition coefficient (Wildman–Crippen LogP) is 3.62. The summed E-state index contributed by atoms with van der Waals surface area (Å²) in [5.41, 5.74) is 8.52. The van der Waals surface area contributed by atoms with Crippen molar-refractivity contribution < 1.29 is 5.11 Å². The molecule has 3 unspecified atom stereocenters. The van der Waals surface area contributed by atoms with E-state index in [0.29, 0.717) is 11.8 Å². The lowest BCUT2D eigenvalue weighted by atomic mass is 9.67. The Labute approximate surface area is 116 Å². The molecule has 2 heteroatoms. The zero-order valence-corrected chi connectivity index (χ0v) is 11.9. The molecule has 2 nitrogen and oxygen atoms in total. The Hall–Kier alpha value is -1.02. The Balaban J connectivity index is 1.96. The van der Waals surface area contributed by atoms with E-state index in [4.69, 9.17) is 5.73 Å². The quantitative estimate of drug-likeness (QED) is 0.797. The van der Waals surface area contributed by atoms with Crippen molar-refractivity contribution in [2.75, 3.05) is 5.73 Å². The summed E-state index contributed by atoms with van der Waals surface area (Å²) in [5, 5.41) is 11.3. The average molecular weight is 259 g/mol. The molecule has 0 amide bonds. The van der Waals surface area contributed by atoms with Crippen molar-refractivity contribution in [3.05, 3.63) is 29.3 Å². The molecule has 1 aromatic carbocycles. The van der Waals surface area contributed by atoms with Crippen molar-refractivity contribution >= 4 is 5.69 Å². The van der Waals surface area contributed by atoms with Gasteiger partial charge >= 0.3 is 0 Å². The van der Waals surface area contributed by atoms with Crippen LogP contribution in [0.15, 0.2) is 18.2 Å². The summed E-state index contributed by atoms with van der Waals surface area (Å²) in [6.45, 7) is 2.27. The van der Waals surface area contributed by atoms with Crippen LogP contribution in [0.25, 0.3) is 0 Å². The maximum Gasteiger partial charge on any atom is 0.0933 e. The summed E-state index contributed by atoms with van der Waals surface area (Å²) >= 11 is 0. The van der Waals surface area contributed by atoms with Crippen LogP contribution in [-0.4, -0.2) is 5.11 Å². The molecule has 1 saturated carbocycles. The first-order chi connectivity index (χ1) is 9.15. The number of rotatable bonds is 2. The van der Waals surface area contributed by atoms with Gasteiger partial charge in [0.25, 0.3) is 0 Å². The Kier molecular flexibility index (Phi) is 3.30. The van der Waals surface area contributed by atoms with Crippen LogP contribution in [-0.2, 0) is 12.0 Å². The molecule has 2 aliphatic rings. The van der Waals surface area contributed by atoms with Crippen molar-refractivity contribution in [2.45, 2.75) is 57.5 Å². The third kappa shape index (κ3) is 2.06. The zero-order chi connectivity index (χ0) is 13.5. The molecule has 0 heterocycles. The van der Waals surface area contributed by atoms with E-state index >= 15 is 0 Å². The second kappa shape index (κ2) is 4.82. The Morgan fingerprint density at radius 2 is 2.11 bits per heavy atom. The molecular formula is C17H25NO. The van der Waals surface area contributed by atoms with Gasteiger partial charge in [-0.2, -0.15) is 0 Å². The lowest BCUT2D eigenvalue weighted by Gasteiger charge is -2.41. The minimum atomic E-state index is -0.593. The maximum atomic E-state index is 11.3. The largest absolute Gasteiger partial charge is 0.399 e. The number of aliphatic hydroxyl groups is 1. The highest BCUT2D eigenvalue weighted by atomic mass is 16.3. The second-order valence-electron chi connectivity index (χ2n) is 6.40. The van der Waals surface area contributed by atoms with Crippen molar-refractivity contribution in [1.82, 2.24) is 0 Å². The minimum absolute atomic E-state index is 0.441. The number of nitrogens with two attached hydrogens (primary N) is 1. The van der Waals surface area contributed by atoms with Crippen molar-refractivity contribution in [1.29, 1.82) is 0 Å². The average Bonchev–Trinajstić information content (AvgIpc) is 2.77. The summed E-state index contributed by atoms with van der Waals surface area (Å²) in [7, 11) is 0. The molecular weight excluding hydrogens is 234 g/mol. The SMILES string of the molecule is CCC1CCCCC1C1(O)CCc2cc(N)ccc21. The Morgan fingerprint density at radius 1 is 1.32 bits per heavy atom. The fraction of sp³-hybridized carbons (Fsp3) is 0.647. The molecule has 19 heavy (non-hydrogen) atoms. The van der Waals surface area contributed by atoms with Gasteiger partial charge in [0.05, 0.1) is 5.60 Å². The normalized spacial score (nSPS) is 34.2. The summed E-state index contributed by atoms with van der Waals surface area (Å²) < 4.78 is 0. The van der Waals surface area contributed by atoms with Gasteiger partial charge in [-0.05, 0) is 54.4 Å². The zero-order valence-electron chi connectivity index (χ0n) is 11.9. The first-order valence-electron chi connectivity index (χ1n) is 7.76. The minimum Gasteiger partial charge on any atom is -0.399 e. The highest BCUT2D eigenvalue weighted by Gasteiger charge is 2.46. The topological polar surface area (TPSA) is 46.2 Å². The standard InChI is InChI=1S/C17H25NO/c1-2-12-5-3-4-6-15(12)17(19)10-9-13-11-14(18)7-8-16(13)17/h7-8,11-12,15,19H,2-6,9-10,18H2,1H3. The van der Waals surface area contributed by atoms with E-state index in [1.54, 1.807) is 0 Å². The molecule has 104 valence electrons. The van der Waals surface area contributed by atoms with E-state index in [9.17, 15) is 5.11 Å². The fourth-order valence-electron chi connectivity index (χ4n) is 4.41. The maximum absolute atomic E-state index is 11.3. The molecule has 3 rings (SSSR count). The summed E-state index contributed by atoms with van der Waals surface area (Å²) in [4.78, 5) is 0. The third-order valence-electron chi connectivity index (χ3n) is 5.42. The van der Waals surface area contributed by atoms with E-state index < -0.39 is 5.60 Å². The van der Waals surface area contributed by atoms with Gasteiger partial charge in [0.1, 0.15) is 0 Å². The summed E-state index contributed by atoms with van der Waals surface area (Å²) in [6.07, 6.45) is 8.12. The predicted molar refractivity (Wildman–Crippen MR) is 78.8 cm³/mol. The lowest BCUT2D eigenvalue weighted by Crippen LogP contribution is -2.39. The number of hydrogen-bond acceptors (Lipinski definition) is 2. The number of hydrogen-bond donors (Lipinski definition) is 2. The fourth-order valence-corrected chi connectivity index (χ4v) is 4.41. The van der Waals surface area contributed by atoms with Crippen LogP contribution in [0.3, 0.4) is 0 Å². The number of nitrogen functional groups attached to an aromatic ring is 1. The Bertz CT molecular complexity index is 470. The first kappa shape index (κ1) is 13.0. The van der Waals surface area contributed by atoms with E-state index in [2.05, 4.69) is 19.1 Å². The molecule has 1 fully saturated rings. The Morgan fingerprint density at radius 3 is 2.89 bits per heavy atom. The van der Waals surface area contributed by atoms with Crippen LogP contribution >= 0.6 is 0 Å². The number of benzene rings is 1. The van der Waals surface area contributed by atoms with Crippen LogP contribution in [0.5, 0.6) is 0 Å². The second-order valence-corrected chi connectivity index (χ2v) is 6.40. The van der Waals surface area contributed by atoms with Gasteiger partial charge in [-0.3, -0.25) is 0 Å². The molecule has 0 spiro atoms. The van der Waals surface area contributed by atoms with Crippen molar-refractivity contribution in [3.8, 4) is 0 Å². The van der Waals surface area contributed by atoms with Crippen LogP contribution < -0.4 is 5.73 Å². The van der Waals surface area contributed by atoms with Gasteiger partial charge < -0.3 is 10.8 Å². The molecule has 3 atom stereocenters. The highest BCUT2D eigenvalue weighted by Crippen LogP contribution is 2.50. The van der Waals surface area contributed by atoms with Gasteiger partial charge in [0, 0.05) is 5.69 Å². The molecule has 1 aromatic rings. The summed E-state index contributed by atoms with van der Waals surface area (Å²) in [5.74, 6) is 1.12. The summed E-state index contributed by atoms with van der Waals surface area (Å²) in [6, 6.07) is 6.06. The van der Waals surface area contributed by atoms with Crippen molar-refractivity contribution in [2.24, 2.45) is 11.8 Å². The monoisotopic (exact) mass is 259 g/mol. The number of fused-ring (bicyclic) bond motifs is 1. The van der Waals surface area contributed by atoms with Crippen molar-refractivity contribution in [3.63, 3.8) is 0 Å². The van der Waals surface area contributed by atoms with Gasteiger partial charge in [-0.25, -0.2) is 0 Å². The van der Waals surface area contributed by atoms with Crippen LogP contribution in [0.4, 0.5) is 5.69 Å². The van der Waals surface area contributed by atoms with Gasteiger partial charge in [0.15, 0.2) is 0 Å². The highest BCUT2D eigenvalue weighted by molar-refractivity contribution is 5.49. The van der Waals surface area contributed by atoms with E-state index in [-0.39, 0.29) is 0 Å². The molecule has 0 bridgehead atoms.